The van der Waals surface area contributed by atoms with E-state index in [0.29, 0.717) is 5.92 Å². The molecule has 1 aromatic heterocycles. The number of nitrogens with two attached hydrogens (primary N) is 1. The Morgan fingerprint density at radius 2 is 1.96 bits per heavy atom. The van der Waals surface area contributed by atoms with Crippen molar-refractivity contribution in [1.82, 2.24) is 10.0 Å². The van der Waals surface area contributed by atoms with E-state index in [-0.39, 0.29) is 17.4 Å². The summed E-state index contributed by atoms with van der Waals surface area (Å²) in [7, 11) is 0. The van der Waals surface area contributed by atoms with Gasteiger partial charge < -0.3 is 10.6 Å². The van der Waals surface area contributed by atoms with Crippen LogP contribution in [0.25, 0.3) is 0 Å². The van der Waals surface area contributed by atoms with Crippen molar-refractivity contribution in [2.45, 2.75) is 71.8 Å². The van der Waals surface area contributed by atoms with Crippen molar-refractivity contribution in [1.29, 1.82) is 0 Å². The maximum absolute atomic E-state index is 12.2. The Kier molecular flexibility index (Phi) is 6.04. The van der Waals surface area contributed by atoms with Gasteiger partial charge in [-0.05, 0) is 57.8 Å². The smallest absolute Gasteiger partial charge is 0.330 e. The average molecular weight is 380 g/mol. The van der Waals surface area contributed by atoms with Gasteiger partial charge in [0.25, 0.3) is 0 Å². The number of hydrogen-bond acceptors (Lipinski definition) is 6. The first kappa shape index (κ1) is 19.8. The molecule has 1 unspecified atom stereocenters. The molecule has 1 saturated carbocycles. The van der Waals surface area contributed by atoms with E-state index in [0.717, 1.165) is 30.9 Å². The second-order valence-corrected chi connectivity index (χ2v) is 9.90. The predicted molar refractivity (Wildman–Crippen MR) is 104 cm³/mol. The number of nitrogens with zero attached hydrogens (tertiary/aromatic N) is 2. The van der Waals surface area contributed by atoms with Crippen LogP contribution >= 0.6 is 11.3 Å². The maximum atomic E-state index is 12.2. The van der Waals surface area contributed by atoms with E-state index in [9.17, 15) is 4.79 Å². The third-order valence-electron chi connectivity index (χ3n) is 6.23. The molecule has 0 amide bonds. The fourth-order valence-electron chi connectivity index (χ4n) is 4.53. The summed E-state index contributed by atoms with van der Waals surface area (Å²) in [5.41, 5.74) is 6.41. The standard InChI is InChI=1S/C20H33N3O2S/c1-19(2,3)18(24)25-23-12-9-20(10-13-23,15-7-5-4-6-8-15)16(21)17-22-11-14-26-17/h11,14-16H,4-10,12-13,21H2,1-3H3. The van der Waals surface area contributed by atoms with Gasteiger partial charge >= 0.3 is 5.97 Å². The molecule has 1 saturated heterocycles. The predicted octanol–water partition coefficient (Wildman–Crippen LogP) is 4.31. The monoisotopic (exact) mass is 379 g/mol. The molecule has 26 heavy (non-hydrogen) atoms. The van der Waals surface area contributed by atoms with Gasteiger partial charge in [0, 0.05) is 24.7 Å². The van der Waals surface area contributed by atoms with Gasteiger partial charge in [0.2, 0.25) is 0 Å². The molecule has 2 heterocycles. The zero-order valence-corrected chi connectivity index (χ0v) is 17.2. The molecule has 5 nitrogen and oxygen atoms in total. The maximum Gasteiger partial charge on any atom is 0.330 e. The van der Waals surface area contributed by atoms with E-state index in [1.165, 1.54) is 32.1 Å². The highest BCUT2D eigenvalue weighted by Gasteiger charge is 2.48. The third kappa shape index (κ3) is 4.12. The summed E-state index contributed by atoms with van der Waals surface area (Å²) >= 11 is 1.67. The van der Waals surface area contributed by atoms with Crippen LogP contribution in [0.2, 0.25) is 0 Å². The van der Waals surface area contributed by atoms with Crippen molar-refractivity contribution in [3.05, 3.63) is 16.6 Å². The van der Waals surface area contributed by atoms with Gasteiger partial charge in [-0.3, -0.25) is 0 Å². The molecule has 2 aliphatic rings. The largest absolute Gasteiger partial charge is 0.367 e. The van der Waals surface area contributed by atoms with E-state index >= 15 is 0 Å². The lowest BCUT2D eigenvalue weighted by molar-refractivity contribution is -0.213. The Hall–Kier alpha value is -0.980. The Bertz CT molecular complexity index is 583. The van der Waals surface area contributed by atoms with Gasteiger partial charge in [-0.25, -0.2) is 9.78 Å². The van der Waals surface area contributed by atoms with E-state index < -0.39 is 5.41 Å². The second-order valence-electron chi connectivity index (χ2n) is 8.97. The van der Waals surface area contributed by atoms with Gasteiger partial charge in [-0.1, -0.05) is 19.3 Å². The van der Waals surface area contributed by atoms with Crippen LogP contribution in [-0.2, 0) is 9.63 Å². The Morgan fingerprint density at radius 3 is 2.50 bits per heavy atom. The van der Waals surface area contributed by atoms with E-state index in [2.05, 4.69) is 4.98 Å². The molecule has 1 aromatic rings. The summed E-state index contributed by atoms with van der Waals surface area (Å²) in [6.45, 7) is 7.20. The molecule has 1 atom stereocenters. The number of hydrogen-bond donors (Lipinski definition) is 1. The first-order chi connectivity index (χ1) is 12.3. The quantitative estimate of drug-likeness (QED) is 0.844. The van der Waals surface area contributed by atoms with Crippen LogP contribution in [0.1, 0.15) is 76.8 Å². The van der Waals surface area contributed by atoms with Crippen LogP contribution in [0.5, 0.6) is 0 Å². The SMILES string of the molecule is CC(C)(C)C(=O)ON1CCC(C2CCCCC2)(C(N)c2nccs2)CC1. The van der Waals surface area contributed by atoms with Crippen molar-refractivity contribution < 1.29 is 9.63 Å². The third-order valence-corrected chi connectivity index (χ3v) is 7.09. The molecule has 0 aromatic carbocycles. The molecule has 146 valence electrons. The van der Waals surface area contributed by atoms with Crippen LogP contribution in [-0.4, -0.2) is 29.1 Å². The highest BCUT2D eigenvalue weighted by atomic mass is 32.1. The van der Waals surface area contributed by atoms with Gasteiger partial charge in [0.05, 0.1) is 11.5 Å². The van der Waals surface area contributed by atoms with Crippen LogP contribution < -0.4 is 5.73 Å². The number of aromatic nitrogens is 1. The van der Waals surface area contributed by atoms with Gasteiger partial charge in [-0.15, -0.1) is 16.4 Å². The minimum absolute atomic E-state index is 0.0222. The molecule has 3 rings (SSSR count). The van der Waals surface area contributed by atoms with Gasteiger partial charge in [0.1, 0.15) is 5.01 Å². The molecule has 0 spiro atoms. The van der Waals surface area contributed by atoms with Crippen molar-refractivity contribution >= 4 is 17.3 Å². The summed E-state index contributed by atoms with van der Waals surface area (Å²) in [5.74, 6) is 0.488. The average Bonchev–Trinajstić information content (AvgIpc) is 3.16. The molecule has 0 radical (unpaired) electrons. The molecule has 2 fully saturated rings. The van der Waals surface area contributed by atoms with Crippen LogP contribution in [0.15, 0.2) is 11.6 Å². The van der Waals surface area contributed by atoms with E-state index in [1.807, 2.05) is 37.4 Å². The highest BCUT2D eigenvalue weighted by molar-refractivity contribution is 7.09. The molecule has 2 N–H and O–H groups in total. The number of carbonyl (C=O) groups is 1. The van der Waals surface area contributed by atoms with E-state index in [4.69, 9.17) is 10.6 Å². The first-order valence-electron chi connectivity index (χ1n) is 9.95. The van der Waals surface area contributed by atoms with Crippen molar-refractivity contribution in [2.24, 2.45) is 22.5 Å². The Labute approximate surface area is 161 Å². The van der Waals surface area contributed by atoms with Crippen molar-refractivity contribution in [3.8, 4) is 0 Å². The molecular weight excluding hydrogens is 346 g/mol. The summed E-state index contributed by atoms with van der Waals surface area (Å²) < 4.78 is 0. The Morgan fingerprint density at radius 1 is 1.31 bits per heavy atom. The fourth-order valence-corrected chi connectivity index (χ4v) is 5.30. The van der Waals surface area contributed by atoms with Gasteiger partial charge in [0.15, 0.2) is 0 Å². The minimum atomic E-state index is -0.477. The number of rotatable bonds is 4. The normalized spacial score (nSPS) is 23.5. The fraction of sp³-hybridized carbons (Fsp3) is 0.800. The number of hydroxylamine groups is 2. The zero-order chi connectivity index (χ0) is 18.8. The lowest BCUT2D eigenvalue weighted by Gasteiger charge is -2.50. The highest BCUT2D eigenvalue weighted by Crippen LogP contribution is 2.52. The van der Waals surface area contributed by atoms with Crippen LogP contribution in [0, 0.1) is 16.7 Å². The lowest BCUT2D eigenvalue weighted by Crippen LogP contribution is -2.50. The minimum Gasteiger partial charge on any atom is -0.367 e. The van der Waals surface area contributed by atoms with Gasteiger partial charge in [-0.2, -0.15) is 0 Å². The molecular formula is C20H33N3O2S. The number of carbonyl (C=O) groups excluding carboxylic acids is 1. The molecule has 1 aliphatic heterocycles. The number of thiazole rings is 1. The lowest BCUT2D eigenvalue weighted by atomic mass is 9.60. The van der Waals surface area contributed by atoms with Crippen LogP contribution in [0.3, 0.4) is 0 Å². The summed E-state index contributed by atoms with van der Waals surface area (Å²) in [4.78, 5) is 22.4. The molecule has 6 heteroatoms. The zero-order valence-electron chi connectivity index (χ0n) is 16.4. The summed E-state index contributed by atoms with van der Waals surface area (Å²) in [6.07, 6.45) is 10.3. The summed E-state index contributed by atoms with van der Waals surface area (Å²) in [6, 6.07) is -0.0222. The first-order valence-corrected chi connectivity index (χ1v) is 10.8. The van der Waals surface area contributed by atoms with Crippen LogP contribution in [0.4, 0.5) is 0 Å². The van der Waals surface area contributed by atoms with E-state index in [1.54, 1.807) is 11.3 Å². The van der Waals surface area contributed by atoms with Crippen molar-refractivity contribution in [2.75, 3.05) is 13.1 Å². The van der Waals surface area contributed by atoms with Crippen molar-refractivity contribution in [3.63, 3.8) is 0 Å². The second kappa shape index (κ2) is 7.95. The Balaban J connectivity index is 1.73. The number of piperidine rings is 1. The summed E-state index contributed by atoms with van der Waals surface area (Å²) in [5, 5.41) is 4.92. The topological polar surface area (TPSA) is 68.5 Å². The molecule has 1 aliphatic carbocycles. The molecule has 0 bridgehead atoms.